The molecule has 1 saturated carbocycles. The molecule has 3 heterocycles. The molecule has 1 aromatic heterocycles. The van der Waals surface area contributed by atoms with Crippen LogP contribution in [0.1, 0.15) is 37.8 Å². The molecule has 0 radical (unpaired) electrons. The van der Waals surface area contributed by atoms with Gasteiger partial charge in [0, 0.05) is 37.5 Å². The quantitative estimate of drug-likeness (QED) is 0.702. The highest BCUT2D eigenvalue weighted by atomic mass is 19.1. The van der Waals surface area contributed by atoms with Gasteiger partial charge in [0.1, 0.15) is 19.0 Å². The van der Waals surface area contributed by atoms with Gasteiger partial charge in [0.15, 0.2) is 11.5 Å². The Bertz CT molecular complexity index is 988. The molecule has 1 aliphatic carbocycles. The van der Waals surface area contributed by atoms with Crippen molar-refractivity contribution >= 4 is 17.5 Å². The number of anilines is 2. The normalized spacial score (nSPS) is 24.2. The Morgan fingerprint density at radius 1 is 1.16 bits per heavy atom. The van der Waals surface area contributed by atoms with Crippen molar-refractivity contribution in [2.45, 2.75) is 37.7 Å². The number of hydrogen-bond donors (Lipinski definition) is 2. The van der Waals surface area contributed by atoms with E-state index < -0.39 is 5.60 Å². The monoisotopic (exact) mass is 439 g/mol. The Balaban J connectivity index is 1.10. The second-order valence-electron chi connectivity index (χ2n) is 9.07. The zero-order valence-electron chi connectivity index (χ0n) is 18.2. The molecule has 2 aromatic rings. The van der Waals surface area contributed by atoms with Crippen molar-refractivity contribution in [2.75, 3.05) is 43.1 Å². The molecule has 0 spiro atoms. The molecular formula is C25H30FN3O3. The van der Waals surface area contributed by atoms with Crippen LogP contribution < -0.4 is 19.7 Å². The van der Waals surface area contributed by atoms with Crippen LogP contribution in [0.25, 0.3) is 6.08 Å². The van der Waals surface area contributed by atoms with Crippen LogP contribution in [0.4, 0.5) is 15.8 Å². The number of benzene rings is 1. The number of aromatic nitrogens is 1. The number of rotatable bonds is 6. The molecule has 3 aliphatic rings. The van der Waals surface area contributed by atoms with E-state index in [-0.39, 0.29) is 5.82 Å². The minimum Gasteiger partial charge on any atom is -0.486 e. The zero-order valence-corrected chi connectivity index (χ0v) is 18.2. The van der Waals surface area contributed by atoms with E-state index in [2.05, 4.69) is 21.3 Å². The molecule has 32 heavy (non-hydrogen) atoms. The van der Waals surface area contributed by atoms with E-state index in [4.69, 9.17) is 9.47 Å². The summed E-state index contributed by atoms with van der Waals surface area (Å²) in [5, 5.41) is 14.5. The lowest BCUT2D eigenvalue weighted by Crippen LogP contribution is -2.41. The molecule has 170 valence electrons. The van der Waals surface area contributed by atoms with Crippen LogP contribution in [0.3, 0.4) is 0 Å². The van der Waals surface area contributed by atoms with Crippen LogP contribution in [0.5, 0.6) is 11.5 Å². The first kappa shape index (κ1) is 21.1. The van der Waals surface area contributed by atoms with Crippen LogP contribution in [0, 0.1) is 11.7 Å². The molecule has 2 N–H and O–H groups in total. The number of halogens is 1. The Labute approximate surface area is 188 Å². The number of ether oxygens (including phenoxy) is 2. The van der Waals surface area contributed by atoms with Crippen molar-refractivity contribution in [3.05, 3.63) is 48.0 Å². The van der Waals surface area contributed by atoms with E-state index >= 15 is 0 Å². The fraction of sp³-hybridized carbons (Fsp3) is 0.480. The van der Waals surface area contributed by atoms with Crippen molar-refractivity contribution in [3.63, 3.8) is 0 Å². The van der Waals surface area contributed by atoms with E-state index in [1.807, 2.05) is 24.3 Å². The second-order valence-corrected chi connectivity index (χ2v) is 9.07. The third kappa shape index (κ3) is 4.67. The molecule has 6 nitrogen and oxygen atoms in total. The van der Waals surface area contributed by atoms with E-state index in [0.717, 1.165) is 73.8 Å². The summed E-state index contributed by atoms with van der Waals surface area (Å²) in [4.78, 5) is 6.40. The van der Waals surface area contributed by atoms with Crippen molar-refractivity contribution in [2.24, 2.45) is 5.92 Å². The lowest BCUT2D eigenvalue weighted by atomic mass is 9.77. The number of pyridine rings is 1. The predicted molar refractivity (Wildman–Crippen MR) is 123 cm³/mol. The van der Waals surface area contributed by atoms with E-state index in [9.17, 15) is 9.50 Å². The molecule has 1 aromatic carbocycles. The molecule has 0 unspecified atom stereocenters. The fourth-order valence-corrected chi connectivity index (χ4v) is 4.86. The summed E-state index contributed by atoms with van der Waals surface area (Å²) in [5.74, 6) is 1.80. The first-order chi connectivity index (χ1) is 15.6. The van der Waals surface area contributed by atoms with Gasteiger partial charge in [0.2, 0.25) is 0 Å². The lowest BCUT2D eigenvalue weighted by Gasteiger charge is -2.37. The number of aliphatic hydroxyl groups is 1. The van der Waals surface area contributed by atoms with Crippen LogP contribution in [0.2, 0.25) is 0 Å². The van der Waals surface area contributed by atoms with Crippen LogP contribution in [-0.4, -0.2) is 48.5 Å². The summed E-state index contributed by atoms with van der Waals surface area (Å²) in [5.41, 5.74) is 1.95. The van der Waals surface area contributed by atoms with Crippen molar-refractivity contribution in [3.8, 4) is 11.5 Å². The molecule has 0 amide bonds. The molecule has 7 heteroatoms. The van der Waals surface area contributed by atoms with Gasteiger partial charge in [-0.25, -0.2) is 4.39 Å². The summed E-state index contributed by atoms with van der Waals surface area (Å²) >= 11 is 0. The molecule has 1 fully saturated rings. The summed E-state index contributed by atoms with van der Waals surface area (Å²) in [6.45, 7) is 3.33. The standard InChI is InChI=1S/C25H30FN3O3/c26-19-14-22-21(27-16-19)2-1-10-29(22)11-7-18-5-8-25(30,9-6-18)17-28-20-3-4-23-24(15-20)32-13-12-31-23/h1-4,14-16,18,28,30H,5-13,17H2. The number of fused-ring (bicyclic) bond motifs is 2. The molecule has 0 saturated heterocycles. The average molecular weight is 440 g/mol. The first-order valence-corrected chi connectivity index (χ1v) is 11.5. The maximum absolute atomic E-state index is 13.7. The average Bonchev–Trinajstić information content (AvgIpc) is 2.82. The molecule has 5 rings (SSSR count). The maximum atomic E-state index is 13.7. The van der Waals surface area contributed by atoms with Gasteiger partial charge in [0.25, 0.3) is 0 Å². The summed E-state index contributed by atoms with van der Waals surface area (Å²) < 4.78 is 24.9. The number of nitrogens with one attached hydrogen (secondary N) is 1. The van der Waals surface area contributed by atoms with Crippen LogP contribution in [0.15, 0.2) is 36.5 Å². The Hall–Kier alpha value is -2.80. The lowest BCUT2D eigenvalue weighted by molar-refractivity contribution is 0.00194. The Morgan fingerprint density at radius 2 is 1.97 bits per heavy atom. The van der Waals surface area contributed by atoms with E-state index in [0.29, 0.717) is 25.7 Å². The SMILES string of the molecule is OC1(CNc2ccc3c(c2)OCCO3)CCC(CCN2CC=Cc3ncc(F)cc32)CC1. The van der Waals surface area contributed by atoms with Gasteiger partial charge >= 0.3 is 0 Å². The van der Waals surface area contributed by atoms with Gasteiger partial charge in [-0.15, -0.1) is 0 Å². The summed E-state index contributed by atoms with van der Waals surface area (Å²) in [6.07, 6.45) is 9.90. The maximum Gasteiger partial charge on any atom is 0.163 e. The number of hydrogen-bond acceptors (Lipinski definition) is 6. The van der Waals surface area contributed by atoms with Gasteiger partial charge < -0.3 is 24.8 Å². The Morgan fingerprint density at radius 3 is 2.81 bits per heavy atom. The highest BCUT2D eigenvalue weighted by Crippen LogP contribution is 2.36. The number of nitrogens with zero attached hydrogens (tertiary/aromatic N) is 2. The summed E-state index contributed by atoms with van der Waals surface area (Å²) in [6, 6.07) is 7.39. The topological polar surface area (TPSA) is 66.8 Å². The highest BCUT2D eigenvalue weighted by molar-refractivity contribution is 5.68. The van der Waals surface area contributed by atoms with Gasteiger partial charge in [-0.1, -0.05) is 6.08 Å². The fourth-order valence-electron chi connectivity index (χ4n) is 4.86. The van der Waals surface area contributed by atoms with Crippen molar-refractivity contribution < 1.29 is 19.0 Å². The van der Waals surface area contributed by atoms with Crippen LogP contribution in [-0.2, 0) is 0 Å². The highest BCUT2D eigenvalue weighted by Gasteiger charge is 2.33. The third-order valence-corrected chi connectivity index (χ3v) is 6.81. The minimum absolute atomic E-state index is 0.294. The molecule has 0 atom stereocenters. The van der Waals surface area contributed by atoms with Crippen LogP contribution >= 0.6 is 0 Å². The third-order valence-electron chi connectivity index (χ3n) is 6.81. The Kier molecular flexibility index (Phi) is 5.91. The van der Waals surface area contributed by atoms with Gasteiger partial charge in [-0.05, 0) is 56.2 Å². The van der Waals surface area contributed by atoms with Crippen molar-refractivity contribution in [1.29, 1.82) is 0 Å². The van der Waals surface area contributed by atoms with Gasteiger partial charge in [-0.3, -0.25) is 4.98 Å². The molecule has 2 aliphatic heterocycles. The van der Waals surface area contributed by atoms with E-state index in [1.165, 1.54) is 6.20 Å². The molecule has 0 bridgehead atoms. The molecular weight excluding hydrogens is 409 g/mol. The largest absolute Gasteiger partial charge is 0.486 e. The van der Waals surface area contributed by atoms with Gasteiger partial charge in [-0.2, -0.15) is 0 Å². The smallest absolute Gasteiger partial charge is 0.163 e. The zero-order chi connectivity index (χ0) is 22.0. The summed E-state index contributed by atoms with van der Waals surface area (Å²) in [7, 11) is 0. The first-order valence-electron chi connectivity index (χ1n) is 11.5. The van der Waals surface area contributed by atoms with Gasteiger partial charge in [0.05, 0.1) is 23.2 Å². The second kappa shape index (κ2) is 8.98. The predicted octanol–water partition coefficient (Wildman–Crippen LogP) is 4.25. The minimum atomic E-state index is -0.697. The van der Waals surface area contributed by atoms with Crippen molar-refractivity contribution in [1.82, 2.24) is 4.98 Å². The van der Waals surface area contributed by atoms with E-state index in [1.54, 1.807) is 6.07 Å².